The van der Waals surface area contributed by atoms with Gasteiger partial charge in [0, 0.05) is 16.8 Å². The van der Waals surface area contributed by atoms with Gasteiger partial charge < -0.3 is 10.4 Å². The number of anilines is 1. The molecule has 0 aliphatic rings. The van der Waals surface area contributed by atoms with Crippen molar-refractivity contribution in [1.82, 2.24) is 0 Å². The van der Waals surface area contributed by atoms with E-state index in [4.69, 9.17) is 16.7 Å². The van der Waals surface area contributed by atoms with Crippen LogP contribution in [0.4, 0.5) is 18.9 Å². The summed E-state index contributed by atoms with van der Waals surface area (Å²) in [5.41, 5.74) is 0.147. The molecule has 128 valence electrons. The summed E-state index contributed by atoms with van der Waals surface area (Å²) in [5, 5.41) is 10.5. The van der Waals surface area contributed by atoms with Crippen molar-refractivity contribution in [3.05, 3.63) is 64.2 Å². The van der Waals surface area contributed by atoms with Crippen molar-refractivity contribution in [2.75, 3.05) is 5.32 Å². The van der Waals surface area contributed by atoms with Crippen molar-refractivity contribution in [1.29, 1.82) is 0 Å². The first-order chi connectivity index (χ1) is 11.7. The third-order valence-corrected chi connectivity index (χ3v) is 3.29. The maximum Gasteiger partial charge on any atom is 0.416 e. The number of carbonyl (C=O) groups excluding carboxylic acids is 1. The first-order valence-electron chi connectivity index (χ1n) is 6.70. The van der Waals surface area contributed by atoms with Crippen molar-refractivity contribution >= 4 is 29.2 Å². The SMILES string of the molecule is O=C(O)C(=O)Nc1ccc(C#Cc2ccc(C(F)(F)F)cc2Cl)cc1. The third kappa shape index (κ3) is 4.99. The molecule has 0 atom stereocenters. The van der Waals surface area contributed by atoms with Gasteiger partial charge >= 0.3 is 18.1 Å². The standard InChI is InChI=1S/C17H9ClF3NO3/c18-14-9-12(17(19,20)21)6-5-11(14)4-1-10-2-7-13(8-3-10)22-15(23)16(24)25/h2-3,5-9H,(H,22,23)(H,24,25). The van der Waals surface area contributed by atoms with Crippen molar-refractivity contribution in [2.24, 2.45) is 0 Å². The van der Waals surface area contributed by atoms with Gasteiger partial charge in [-0.3, -0.25) is 4.79 Å². The lowest BCUT2D eigenvalue weighted by atomic mass is 10.1. The largest absolute Gasteiger partial charge is 0.474 e. The Hall–Kier alpha value is -2.98. The van der Waals surface area contributed by atoms with Gasteiger partial charge in [0.1, 0.15) is 0 Å². The molecule has 4 nitrogen and oxygen atoms in total. The second kappa shape index (κ2) is 7.28. The lowest BCUT2D eigenvalue weighted by Gasteiger charge is -2.07. The third-order valence-electron chi connectivity index (χ3n) is 2.97. The molecule has 0 aliphatic carbocycles. The Labute approximate surface area is 145 Å². The number of alkyl halides is 3. The van der Waals surface area contributed by atoms with Gasteiger partial charge in [-0.25, -0.2) is 4.79 Å². The normalized spacial score (nSPS) is 10.6. The van der Waals surface area contributed by atoms with Crippen molar-refractivity contribution in [3.8, 4) is 11.8 Å². The van der Waals surface area contributed by atoms with E-state index in [1.54, 1.807) is 0 Å². The minimum Gasteiger partial charge on any atom is -0.474 e. The summed E-state index contributed by atoms with van der Waals surface area (Å²) in [7, 11) is 0. The molecule has 0 radical (unpaired) electrons. The second-order valence-electron chi connectivity index (χ2n) is 4.78. The van der Waals surface area contributed by atoms with Gasteiger partial charge in [-0.05, 0) is 42.5 Å². The Bertz CT molecular complexity index is 881. The number of amides is 1. The summed E-state index contributed by atoms with van der Waals surface area (Å²) in [6.45, 7) is 0. The number of aliphatic carboxylic acids is 1. The Balaban J connectivity index is 2.16. The van der Waals surface area contributed by atoms with Crippen LogP contribution in [0.15, 0.2) is 42.5 Å². The van der Waals surface area contributed by atoms with Gasteiger partial charge in [0.25, 0.3) is 0 Å². The van der Waals surface area contributed by atoms with Crippen molar-refractivity contribution in [3.63, 3.8) is 0 Å². The number of nitrogens with one attached hydrogen (secondary N) is 1. The molecule has 0 bridgehead atoms. The molecular weight excluding hydrogens is 359 g/mol. The highest BCUT2D eigenvalue weighted by molar-refractivity contribution is 6.36. The van der Waals surface area contributed by atoms with E-state index in [2.05, 4.69) is 17.2 Å². The highest BCUT2D eigenvalue weighted by Gasteiger charge is 2.30. The van der Waals surface area contributed by atoms with Crippen LogP contribution in [0.1, 0.15) is 16.7 Å². The molecule has 0 aliphatic heterocycles. The van der Waals surface area contributed by atoms with E-state index < -0.39 is 23.6 Å². The first kappa shape index (κ1) is 18.4. The van der Waals surface area contributed by atoms with Crippen LogP contribution in [0, 0.1) is 11.8 Å². The lowest BCUT2D eigenvalue weighted by molar-refractivity contribution is -0.147. The van der Waals surface area contributed by atoms with E-state index >= 15 is 0 Å². The molecule has 2 aromatic carbocycles. The minimum atomic E-state index is -4.48. The average Bonchev–Trinajstić information content (AvgIpc) is 2.54. The maximum absolute atomic E-state index is 12.6. The summed E-state index contributed by atoms with van der Waals surface area (Å²) < 4.78 is 37.7. The molecule has 0 spiro atoms. The Kier molecular flexibility index (Phi) is 5.35. The first-order valence-corrected chi connectivity index (χ1v) is 7.08. The Morgan fingerprint density at radius 1 is 1.04 bits per heavy atom. The molecule has 25 heavy (non-hydrogen) atoms. The zero-order valence-electron chi connectivity index (χ0n) is 12.3. The molecule has 2 rings (SSSR count). The van der Waals surface area contributed by atoms with Gasteiger partial charge in [-0.2, -0.15) is 13.2 Å². The highest BCUT2D eigenvalue weighted by Crippen LogP contribution is 2.31. The van der Waals surface area contributed by atoms with Gasteiger partial charge in [0.15, 0.2) is 0 Å². The van der Waals surface area contributed by atoms with Gasteiger partial charge in [-0.15, -0.1) is 0 Å². The number of carboxylic acids is 1. The van der Waals surface area contributed by atoms with Gasteiger partial charge in [0.05, 0.1) is 10.6 Å². The number of hydrogen-bond donors (Lipinski definition) is 2. The fourth-order valence-electron chi connectivity index (χ4n) is 1.75. The molecule has 2 N–H and O–H groups in total. The van der Waals surface area contributed by atoms with Crippen LogP contribution in [0.3, 0.4) is 0 Å². The Morgan fingerprint density at radius 2 is 1.68 bits per heavy atom. The molecule has 0 aromatic heterocycles. The van der Waals surface area contributed by atoms with Crippen LogP contribution in [0.5, 0.6) is 0 Å². The predicted octanol–water partition coefficient (Wildman–Crippen LogP) is 3.78. The zero-order chi connectivity index (χ0) is 18.6. The molecule has 2 aromatic rings. The quantitative estimate of drug-likeness (QED) is 0.595. The summed E-state index contributed by atoms with van der Waals surface area (Å²) in [6.07, 6.45) is -4.48. The monoisotopic (exact) mass is 367 g/mol. The minimum absolute atomic E-state index is 0.118. The Morgan fingerprint density at radius 3 is 2.20 bits per heavy atom. The van der Waals surface area contributed by atoms with Crippen LogP contribution in [-0.2, 0) is 15.8 Å². The van der Waals surface area contributed by atoms with E-state index in [1.807, 2.05) is 0 Å². The van der Waals surface area contributed by atoms with E-state index in [-0.39, 0.29) is 16.3 Å². The van der Waals surface area contributed by atoms with Crippen LogP contribution < -0.4 is 5.32 Å². The molecular formula is C17H9ClF3NO3. The van der Waals surface area contributed by atoms with Gasteiger partial charge in [-0.1, -0.05) is 23.4 Å². The summed E-state index contributed by atoms with van der Waals surface area (Å²) >= 11 is 5.81. The van der Waals surface area contributed by atoms with Crippen LogP contribution in [0.25, 0.3) is 0 Å². The van der Waals surface area contributed by atoms with Crippen LogP contribution >= 0.6 is 11.6 Å². The summed E-state index contributed by atoms with van der Waals surface area (Å²) in [5.74, 6) is 2.59. The molecule has 0 unspecified atom stereocenters. The maximum atomic E-state index is 12.6. The molecule has 0 saturated carbocycles. The van der Waals surface area contributed by atoms with Crippen molar-refractivity contribution in [2.45, 2.75) is 6.18 Å². The van der Waals surface area contributed by atoms with E-state index in [0.29, 0.717) is 5.56 Å². The number of benzene rings is 2. The van der Waals surface area contributed by atoms with E-state index in [9.17, 15) is 22.8 Å². The smallest absolute Gasteiger partial charge is 0.416 e. The highest BCUT2D eigenvalue weighted by atomic mass is 35.5. The molecule has 0 heterocycles. The number of carboxylic acid groups (broad SMARTS) is 1. The number of rotatable bonds is 1. The predicted molar refractivity (Wildman–Crippen MR) is 85.1 cm³/mol. The fraction of sp³-hybridized carbons (Fsp3) is 0.0588. The zero-order valence-corrected chi connectivity index (χ0v) is 13.1. The topological polar surface area (TPSA) is 66.4 Å². The van der Waals surface area contributed by atoms with E-state index in [0.717, 1.165) is 12.1 Å². The molecule has 0 fully saturated rings. The molecule has 1 amide bonds. The lowest BCUT2D eigenvalue weighted by Crippen LogP contribution is -2.21. The van der Waals surface area contributed by atoms with Crippen LogP contribution in [-0.4, -0.2) is 17.0 Å². The van der Waals surface area contributed by atoms with Crippen LogP contribution in [0.2, 0.25) is 5.02 Å². The second-order valence-corrected chi connectivity index (χ2v) is 5.19. The van der Waals surface area contributed by atoms with Gasteiger partial charge in [0.2, 0.25) is 0 Å². The summed E-state index contributed by atoms with van der Waals surface area (Å²) in [6, 6.07) is 8.79. The van der Waals surface area contributed by atoms with E-state index in [1.165, 1.54) is 30.3 Å². The fourth-order valence-corrected chi connectivity index (χ4v) is 1.98. The summed E-state index contributed by atoms with van der Waals surface area (Å²) in [4.78, 5) is 21.4. The number of carbonyl (C=O) groups is 2. The van der Waals surface area contributed by atoms with Crippen molar-refractivity contribution < 1.29 is 27.9 Å². The molecule has 8 heteroatoms. The molecule has 0 saturated heterocycles. The average molecular weight is 368 g/mol. The number of halogens is 4. The number of hydrogen-bond acceptors (Lipinski definition) is 2.